The molecular formula is C20H21N3O4S3. The van der Waals surface area contributed by atoms with Crippen molar-refractivity contribution in [2.75, 3.05) is 17.3 Å². The van der Waals surface area contributed by atoms with Crippen LogP contribution in [0.15, 0.2) is 57.5 Å². The Balaban J connectivity index is 1.32. The van der Waals surface area contributed by atoms with Crippen LogP contribution >= 0.6 is 23.1 Å². The topological polar surface area (TPSA) is 102 Å². The van der Waals surface area contributed by atoms with Crippen molar-refractivity contribution < 1.29 is 17.6 Å². The van der Waals surface area contributed by atoms with Gasteiger partial charge < -0.3 is 9.73 Å². The lowest BCUT2D eigenvalue weighted by molar-refractivity contribution is -0.119. The highest BCUT2D eigenvalue weighted by molar-refractivity contribution is 7.99. The molecule has 10 heteroatoms. The van der Waals surface area contributed by atoms with Gasteiger partial charge in [0.1, 0.15) is 0 Å². The molecule has 2 atom stereocenters. The first-order chi connectivity index (χ1) is 14.5. The molecule has 0 unspecified atom stereocenters. The monoisotopic (exact) mass is 463 g/mol. The van der Waals surface area contributed by atoms with Crippen molar-refractivity contribution in [2.24, 2.45) is 5.92 Å². The predicted octanol–water partition coefficient (Wildman–Crippen LogP) is 3.11. The summed E-state index contributed by atoms with van der Waals surface area (Å²) in [5.74, 6) is 0.844. The van der Waals surface area contributed by atoms with Gasteiger partial charge >= 0.3 is 0 Å². The van der Waals surface area contributed by atoms with Gasteiger partial charge in [-0.2, -0.15) is 0 Å². The number of thiophene rings is 1. The van der Waals surface area contributed by atoms with Crippen molar-refractivity contribution in [2.45, 2.75) is 24.1 Å². The highest BCUT2D eigenvalue weighted by Crippen LogP contribution is 2.27. The Labute approximate surface area is 183 Å². The lowest BCUT2D eigenvalue weighted by atomic mass is 10.1. The van der Waals surface area contributed by atoms with Crippen LogP contribution in [0.25, 0.3) is 0 Å². The first-order valence-corrected chi connectivity index (χ1v) is 13.2. The van der Waals surface area contributed by atoms with Crippen LogP contribution in [0.4, 0.5) is 0 Å². The molecule has 0 radical (unpaired) electrons. The second-order valence-electron chi connectivity index (χ2n) is 7.15. The number of nitrogens with zero attached hydrogens (tertiary/aromatic N) is 2. The van der Waals surface area contributed by atoms with Crippen LogP contribution in [-0.4, -0.2) is 41.8 Å². The zero-order chi connectivity index (χ0) is 21.0. The van der Waals surface area contributed by atoms with Crippen LogP contribution in [0.1, 0.15) is 28.8 Å². The second kappa shape index (κ2) is 9.32. The molecule has 1 aromatic carbocycles. The number of nitrogens with one attached hydrogen (secondary N) is 1. The predicted molar refractivity (Wildman–Crippen MR) is 116 cm³/mol. The molecule has 1 amide bonds. The SMILES string of the molecule is O=C(CSc1nnc(C[C@H]2CCS(=O)(=O)C2)o1)N[C@@H](c1ccccc1)c1cccs1. The molecule has 1 aliphatic heterocycles. The Morgan fingerprint density at radius 3 is 2.77 bits per heavy atom. The van der Waals surface area contributed by atoms with Gasteiger partial charge in [-0.1, -0.05) is 48.2 Å². The quantitative estimate of drug-likeness (QED) is 0.512. The number of sulfone groups is 1. The molecule has 7 nitrogen and oxygen atoms in total. The third kappa shape index (κ3) is 5.50. The van der Waals surface area contributed by atoms with E-state index in [-0.39, 0.29) is 35.1 Å². The lowest BCUT2D eigenvalue weighted by Gasteiger charge is -2.17. The summed E-state index contributed by atoms with van der Waals surface area (Å²) in [5, 5.41) is 13.3. The molecule has 1 N–H and O–H groups in total. The van der Waals surface area contributed by atoms with Crippen LogP contribution in [-0.2, 0) is 21.1 Å². The van der Waals surface area contributed by atoms with E-state index in [0.29, 0.717) is 24.0 Å². The maximum atomic E-state index is 12.6. The van der Waals surface area contributed by atoms with Crippen molar-refractivity contribution in [1.82, 2.24) is 15.5 Å². The zero-order valence-electron chi connectivity index (χ0n) is 16.1. The number of rotatable bonds is 8. The Bertz CT molecular complexity index is 1080. The van der Waals surface area contributed by atoms with Gasteiger partial charge in [-0.15, -0.1) is 21.5 Å². The summed E-state index contributed by atoms with van der Waals surface area (Å²) in [6.45, 7) is 0. The number of benzene rings is 1. The molecule has 0 bridgehead atoms. The number of hydrogen-bond acceptors (Lipinski definition) is 8. The van der Waals surface area contributed by atoms with Gasteiger partial charge in [-0.25, -0.2) is 8.42 Å². The molecule has 158 valence electrons. The van der Waals surface area contributed by atoms with Gasteiger partial charge in [-0.05, 0) is 29.3 Å². The number of thioether (sulfide) groups is 1. The Morgan fingerprint density at radius 2 is 2.07 bits per heavy atom. The molecule has 4 rings (SSSR count). The van der Waals surface area contributed by atoms with Gasteiger partial charge in [-0.3, -0.25) is 4.79 Å². The van der Waals surface area contributed by atoms with Gasteiger partial charge in [0, 0.05) is 11.3 Å². The summed E-state index contributed by atoms with van der Waals surface area (Å²) >= 11 is 2.77. The highest BCUT2D eigenvalue weighted by Gasteiger charge is 2.29. The molecule has 0 saturated carbocycles. The fourth-order valence-corrected chi connectivity index (χ4v) is 6.66. The molecule has 1 fully saturated rings. The van der Waals surface area contributed by atoms with Crippen LogP contribution in [0, 0.1) is 5.92 Å². The molecule has 1 aliphatic rings. The van der Waals surface area contributed by atoms with E-state index in [1.54, 1.807) is 11.3 Å². The molecule has 1 saturated heterocycles. The van der Waals surface area contributed by atoms with E-state index < -0.39 is 9.84 Å². The van der Waals surface area contributed by atoms with Crippen LogP contribution in [0.2, 0.25) is 0 Å². The minimum absolute atomic E-state index is 0.0222. The van der Waals surface area contributed by atoms with E-state index in [4.69, 9.17) is 4.42 Å². The molecule has 30 heavy (non-hydrogen) atoms. The van der Waals surface area contributed by atoms with Crippen molar-refractivity contribution in [3.05, 3.63) is 64.2 Å². The molecule has 0 aliphatic carbocycles. The first kappa shape index (κ1) is 21.1. The summed E-state index contributed by atoms with van der Waals surface area (Å²) in [5.41, 5.74) is 1.02. The zero-order valence-corrected chi connectivity index (χ0v) is 18.5. The Kier molecular flexibility index (Phi) is 6.55. The van der Waals surface area contributed by atoms with E-state index in [1.807, 2.05) is 47.8 Å². The van der Waals surface area contributed by atoms with E-state index >= 15 is 0 Å². The average molecular weight is 464 g/mol. The second-order valence-corrected chi connectivity index (χ2v) is 11.3. The third-order valence-corrected chi connectivity index (χ3v) is 8.42. The normalized spacial score (nSPS) is 18.9. The maximum absolute atomic E-state index is 12.6. The van der Waals surface area contributed by atoms with E-state index in [0.717, 1.165) is 10.4 Å². The Hall–Kier alpha value is -2.17. The van der Waals surface area contributed by atoms with Crippen molar-refractivity contribution in [3.63, 3.8) is 0 Å². The number of carbonyl (C=O) groups excluding carboxylic acids is 1. The summed E-state index contributed by atoms with van der Waals surface area (Å²) in [7, 11) is -2.93. The number of hydrogen-bond donors (Lipinski definition) is 1. The number of amides is 1. The fraction of sp³-hybridized carbons (Fsp3) is 0.350. The number of carbonyl (C=O) groups is 1. The summed E-state index contributed by atoms with van der Waals surface area (Å²) < 4.78 is 28.7. The average Bonchev–Trinajstić information content (AvgIpc) is 3.47. The number of aromatic nitrogens is 2. The van der Waals surface area contributed by atoms with Crippen LogP contribution in [0.5, 0.6) is 0 Å². The Morgan fingerprint density at radius 1 is 1.23 bits per heavy atom. The first-order valence-electron chi connectivity index (χ1n) is 9.52. The standard InChI is InChI=1S/C20H21N3O4S3/c24-17(21-19(16-7-4-9-28-16)15-5-2-1-3-6-15)12-29-20-23-22-18(27-20)11-14-8-10-30(25,26)13-14/h1-7,9,14,19H,8,10-13H2,(H,21,24)/t14-,19+/m1/s1. The smallest absolute Gasteiger partial charge is 0.277 e. The largest absolute Gasteiger partial charge is 0.416 e. The van der Waals surface area contributed by atoms with Crippen molar-refractivity contribution in [1.29, 1.82) is 0 Å². The van der Waals surface area contributed by atoms with Gasteiger partial charge in [0.25, 0.3) is 5.22 Å². The lowest BCUT2D eigenvalue weighted by Crippen LogP contribution is -2.30. The molecule has 3 aromatic rings. The van der Waals surface area contributed by atoms with Gasteiger partial charge in [0.2, 0.25) is 11.8 Å². The van der Waals surface area contributed by atoms with Crippen molar-refractivity contribution in [3.8, 4) is 0 Å². The minimum atomic E-state index is -2.93. The molecule has 3 heterocycles. The summed E-state index contributed by atoms with van der Waals surface area (Å²) in [4.78, 5) is 13.6. The van der Waals surface area contributed by atoms with Crippen LogP contribution < -0.4 is 5.32 Å². The third-order valence-electron chi connectivity index (χ3n) is 4.83. The summed E-state index contributed by atoms with van der Waals surface area (Å²) in [6.07, 6.45) is 1.08. The van der Waals surface area contributed by atoms with Gasteiger partial charge in [0.05, 0.1) is 23.3 Å². The molecule has 2 aromatic heterocycles. The van der Waals surface area contributed by atoms with Crippen LogP contribution in [0.3, 0.4) is 0 Å². The van der Waals surface area contributed by atoms with E-state index in [2.05, 4.69) is 15.5 Å². The molecule has 0 spiro atoms. The molecular weight excluding hydrogens is 442 g/mol. The van der Waals surface area contributed by atoms with Gasteiger partial charge in [0.15, 0.2) is 9.84 Å². The fourth-order valence-electron chi connectivity index (χ4n) is 3.41. The minimum Gasteiger partial charge on any atom is -0.416 e. The van der Waals surface area contributed by atoms with Crippen molar-refractivity contribution >= 4 is 38.8 Å². The maximum Gasteiger partial charge on any atom is 0.277 e. The van der Waals surface area contributed by atoms with E-state index in [1.165, 1.54) is 11.8 Å². The van der Waals surface area contributed by atoms with E-state index in [9.17, 15) is 13.2 Å². The summed E-state index contributed by atoms with van der Waals surface area (Å²) in [6, 6.07) is 13.6. The highest BCUT2D eigenvalue weighted by atomic mass is 32.2.